The van der Waals surface area contributed by atoms with Gasteiger partial charge in [0.25, 0.3) is 0 Å². The molecule has 0 fully saturated rings. The highest BCUT2D eigenvalue weighted by Crippen LogP contribution is 2.23. The van der Waals surface area contributed by atoms with Crippen LogP contribution in [0.25, 0.3) is 0 Å². The minimum Gasteiger partial charge on any atom is -0.494 e. The topological polar surface area (TPSA) is 47.3 Å². The normalized spacial score (nSPS) is 10.0. The number of benzene rings is 2. The number of hydrogen-bond acceptors (Lipinski definition) is 3. The number of methoxy groups -OCH3 is 1. The van der Waals surface area contributed by atoms with Crippen LogP contribution < -0.4 is 15.8 Å². The van der Waals surface area contributed by atoms with Gasteiger partial charge in [-0.1, -0.05) is 12.2 Å². The molecule has 2 aromatic carbocycles. The molecule has 2 aromatic rings. The van der Waals surface area contributed by atoms with Gasteiger partial charge < -0.3 is 15.8 Å². The molecule has 19 heavy (non-hydrogen) atoms. The molecule has 2 rings (SSSR count). The molecule has 0 radical (unpaired) electrons. The molecule has 0 saturated heterocycles. The van der Waals surface area contributed by atoms with Crippen LogP contribution in [0.1, 0.15) is 5.56 Å². The van der Waals surface area contributed by atoms with E-state index in [2.05, 4.69) is 5.32 Å². The van der Waals surface area contributed by atoms with Crippen molar-refractivity contribution >= 4 is 28.6 Å². The van der Waals surface area contributed by atoms with Crippen molar-refractivity contribution in [1.29, 1.82) is 0 Å². The van der Waals surface area contributed by atoms with Crippen molar-refractivity contribution in [2.45, 2.75) is 0 Å². The largest absolute Gasteiger partial charge is 0.494 e. The van der Waals surface area contributed by atoms with E-state index in [1.807, 2.05) is 24.3 Å². The second-order valence-corrected chi connectivity index (χ2v) is 4.36. The molecular formula is C14H13FN2OS. The molecule has 0 atom stereocenters. The monoisotopic (exact) mass is 276 g/mol. The minimum atomic E-state index is -0.410. The average molecular weight is 276 g/mol. The number of rotatable bonds is 4. The molecule has 0 aliphatic rings. The van der Waals surface area contributed by atoms with Gasteiger partial charge in [-0.25, -0.2) is 4.39 Å². The number of halogens is 1. The molecule has 3 nitrogen and oxygen atoms in total. The summed E-state index contributed by atoms with van der Waals surface area (Å²) in [5, 5.41) is 3.08. The summed E-state index contributed by atoms with van der Waals surface area (Å²) in [7, 11) is 1.43. The quantitative estimate of drug-likeness (QED) is 0.842. The van der Waals surface area contributed by atoms with Gasteiger partial charge in [0.15, 0.2) is 11.6 Å². The number of hydrogen-bond donors (Lipinski definition) is 2. The average Bonchev–Trinajstić information content (AvgIpc) is 2.39. The Kier molecular flexibility index (Phi) is 3.97. The summed E-state index contributed by atoms with van der Waals surface area (Å²) < 4.78 is 18.4. The van der Waals surface area contributed by atoms with E-state index in [0.717, 1.165) is 11.3 Å². The molecule has 0 aliphatic heterocycles. The Bertz CT molecular complexity index is 599. The van der Waals surface area contributed by atoms with Gasteiger partial charge in [-0.2, -0.15) is 0 Å². The molecule has 0 bridgehead atoms. The first-order valence-corrected chi connectivity index (χ1v) is 6.01. The summed E-state index contributed by atoms with van der Waals surface area (Å²) in [5.74, 6) is -0.193. The Balaban J connectivity index is 2.16. The summed E-state index contributed by atoms with van der Waals surface area (Å²) in [6, 6.07) is 12.0. The summed E-state index contributed by atoms with van der Waals surface area (Å²) in [6.07, 6.45) is 0. The molecule has 0 aliphatic carbocycles. The Labute approximate surface area is 116 Å². The van der Waals surface area contributed by atoms with E-state index < -0.39 is 5.82 Å². The van der Waals surface area contributed by atoms with Crippen molar-refractivity contribution in [1.82, 2.24) is 0 Å². The fraction of sp³-hybridized carbons (Fsp3) is 0.0714. The van der Waals surface area contributed by atoms with Crippen molar-refractivity contribution < 1.29 is 9.13 Å². The molecule has 0 heterocycles. The summed E-state index contributed by atoms with van der Waals surface area (Å²) in [5.41, 5.74) is 7.77. The van der Waals surface area contributed by atoms with Crippen molar-refractivity contribution in [3.8, 4) is 5.75 Å². The molecule has 0 aromatic heterocycles. The number of nitrogens with one attached hydrogen (secondary N) is 1. The van der Waals surface area contributed by atoms with Gasteiger partial charge in [0.2, 0.25) is 0 Å². The lowest BCUT2D eigenvalue weighted by atomic mass is 10.2. The van der Waals surface area contributed by atoms with Crippen molar-refractivity contribution in [2.75, 3.05) is 12.4 Å². The maximum atomic E-state index is 13.5. The minimum absolute atomic E-state index is 0.217. The zero-order chi connectivity index (χ0) is 13.8. The number of anilines is 2. The van der Waals surface area contributed by atoms with Gasteiger partial charge in [-0.05, 0) is 36.4 Å². The number of ether oxygens (including phenoxy) is 1. The van der Waals surface area contributed by atoms with Gasteiger partial charge in [-0.15, -0.1) is 0 Å². The van der Waals surface area contributed by atoms with E-state index in [1.54, 1.807) is 12.1 Å². The van der Waals surface area contributed by atoms with Crippen LogP contribution in [-0.4, -0.2) is 12.1 Å². The fourth-order valence-corrected chi connectivity index (χ4v) is 1.76. The summed E-state index contributed by atoms with van der Waals surface area (Å²) >= 11 is 4.87. The zero-order valence-electron chi connectivity index (χ0n) is 10.3. The van der Waals surface area contributed by atoms with Crippen molar-refractivity contribution in [3.05, 3.63) is 53.8 Å². The van der Waals surface area contributed by atoms with Gasteiger partial charge >= 0.3 is 0 Å². The van der Waals surface area contributed by atoms with Crippen LogP contribution in [0.15, 0.2) is 42.5 Å². The maximum Gasteiger partial charge on any atom is 0.167 e. The Morgan fingerprint density at radius 1 is 1.16 bits per heavy atom. The SMILES string of the molecule is COc1ccc(Nc2ccc(C(N)=S)cc2)cc1F. The third-order valence-corrected chi connectivity index (χ3v) is 2.85. The lowest BCUT2D eigenvalue weighted by Crippen LogP contribution is -2.08. The second-order valence-electron chi connectivity index (χ2n) is 3.92. The molecule has 98 valence electrons. The molecule has 3 N–H and O–H groups in total. The Hall–Kier alpha value is -2.14. The predicted molar refractivity (Wildman–Crippen MR) is 78.6 cm³/mol. The van der Waals surface area contributed by atoms with Gasteiger partial charge in [-0.3, -0.25) is 0 Å². The zero-order valence-corrected chi connectivity index (χ0v) is 11.1. The molecule has 0 unspecified atom stereocenters. The maximum absolute atomic E-state index is 13.5. The summed E-state index contributed by atoms with van der Waals surface area (Å²) in [6.45, 7) is 0. The second kappa shape index (κ2) is 5.67. The Morgan fingerprint density at radius 3 is 2.32 bits per heavy atom. The van der Waals surface area contributed by atoms with Crippen LogP contribution in [0, 0.1) is 5.82 Å². The van der Waals surface area contributed by atoms with Crippen LogP contribution in [-0.2, 0) is 0 Å². The first-order valence-electron chi connectivity index (χ1n) is 5.60. The van der Waals surface area contributed by atoms with Crippen LogP contribution in [0.2, 0.25) is 0 Å². The third kappa shape index (κ3) is 3.20. The molecule has 5 heteroatoms. The predicted octanol–water partition coefficient (Wildman–Crippen LogP) is 3.21. The van der Waals surface area contributed by atoms with Crippen LogP contribution in [0.3, 0.4) is 0 Å². The Morgan fingerprint density at radius 2 is 1.79 bits per heavy atom. The van der Waals surface area contributed by atoms with E-state index in [1.165, 1.54) is 13.2 Å². The lowest BCUT2D eigenvalue weighted by molar-refractivity contribution is 0.386. The fourth-order valence-electron chi connectivity index (χ4n) is 1.63. The van der Waals surface area contributed by atoms with E-state index in [0.29, 0.717) is 10.7 Å². The highest BCUT2D eigenvalue weighted by atomic mass is 32.1. The van der Waals surface area contributed by atoms with Crippen molar-refractivity contribution in [3.63, 3.8) is 0 Å². The molecule has 0 spiro atoms. The highest BCUT2D eigenvalue weighted by molar-refractivity contribution is 7.80. The molecule has 0 amide bonds. The first-order chi connectivity index (χ1) is 9.10. The van der Waals surface area contributed by atoms with E-state index in [4.69, 9.17) is 22.7 Å². The van der Waals surface area contributed by atoms with Crippen LogP contribution in [0.5, 0.6) is 5.75 Å². The van der Waals surface area contributed by atoms with Gasteiger partial charge in [0.05, 0.1) is 7.11 Å². The van der Waals surface area contributed by atoms with Crippen LogP contribution >= 0.6 is 12.2 Å². The number of thiocarbonyl (C=S) groups is 1. The van der Waals surface area contributed by atoms with E-state index in [-0.39, 0.29) is 5.75 Å². The first kappa shape index (κ1) is 13.3. The van der Waals surface area contributed by atoms with Gasteiger partial charge in [0, 0.05) is 23.0 Å². The standard InChI is InChI=1S/C14H13FN2OS/c1-18-13-7-6-11(8-12(13)15)17-10-4-2-9(3-5-10)14(16)19/h2-8,17H,1H3,(H2,16,19). The third-order valence-electron chi connectivity index (χ3n) is 2.61. The van der Waals surface area contributed by atoms with E-state index in [9.17, 15) is 4.39 Å². The van der Waals surface area contributed by atoms with Crippen molar-refractivity contribution in [2.24, 2.45) is 5.73 Å². The molecular weight excluding hydrogens is 263 g/mol. The van der Waals surface area contributed by atoms with Crippen LogP contribution in [0.4, 0.5) is 15.8 Å². The highest BCUT2D eigenvalue weighted by Gasteiger charge is 2.04. The molecule has 0 saturated carbocycles. The summed E-state index contributed by atoms with van der Waals surface area (Å²) in [4.78, 5) is 0.349. The number of nitrogens with two attached hydrogens (primary N) is 1. The van der Waals surface area contributed by atoms with Gasteiger partial charge in [0.1, 0.15) is 4.99 Å². The lowest BCUT2D eigenvalue weighted by Gasteiger charge is -2.09. The van der Waals surface area contributed by atoms with E-state index >= 15 is 0 Å². The smallest absolute Gasteiger partial charge is 0.167 e.